The van der Waals surface area contributed by atoms with Crippen molar-refractivity contribution < 1.29 is 33.5 Å². The molecule has 5 N–H and O–H groups in total. The van der Waals surface area contributed by atoms with Crippen LogP contribution in [0.4, 0.5) is 0 Å². The smallest absolute Gasteiger partial charge is 0.342 e. The molecule has 4 amide bonds. The minimum absolute atomic E-state index is 0.0458. The predicted molar refractivity (Wildman–Crippen MR) is 162 cm³/mol. The van der Waals surface area contributed by atoms with E-state index in [0.717, 1.165) is 15.8 Å². The van der Waals surface area contributed by atoms with Crippen LogP contribution >= 0.6 is 7.60 Å². The molecule has 0 radical (unpaired) electrons. The molecule has 12 heteroatoms. The van der Waals surface area contributed by atoms with Crippen molar-refractivity contribution >= 4 is 42.0 Å². The summed E-state index contributed by atoms with van der Waals surface area (Å²) in [5.74, 6) is -3.69. The molecule has 228 valence electrons. The van der Waals surface area contributed by atoms with Crippen molar-refractivity contribution in [2.24, 2.45) is 5.92 Å². The Morgan fingerprint density at radius 2 is 1.47 bits per heavy atom. The van der Waals surface area contributed by atoms with Crippen molar-refractivity contribution in [3.8, 4) is 0 Å². The molecule has 0 aliphatic carbocycles. The summed E-state index contributed by atoms with van der Waals surface area (Å²) in [4.78, 5) is 74.2. The summed E-state index contributed by atoms with van der Waals surface area (Å²) in [6.07, 6.45) is 0.131. The second-order valence-electron chi connectivity index (χ2n) is 11.1. The molecule has 0 saturated heterocycles. The van der Waals surface area contributed by atoms with Gasteiger partial charge in [0.05, 0.1) is 6.04 Å². The molecule has 0 unspecified atom stereocenters. The third-order valence-corrected chi connectivity index (χ3v) is 8.69. The minimum Gasteiger partial charge on any atom is -0.357 e. The number of amides is 4. The SMILES string of the molecule is CNC(=O)[C@H](Cc1ccccc1)NC(=O)[C@H](CC(C)C)N[C@H](CCN1C(=O)c2cccc3cccc(c23)C1=O)P(=O)(O)O. The van der Waals surface area contributed by atoms with E-state index >= 15 is 0 Å². The monoisotopic (exact) mass is 608 g/mol. The topological polar surface area (TPSA) is 165 Å². The molecule has 1 heterocycles. The fourth-order valence-corrected chi connectivity index (χ4v) is 6.17. The van der Waals surface area contributed by atoms with Gasteiger partial charge in [0.2, 0.25) is 11.8 Å². The number of nitrogens with one attached hydrogen (secondary N) is 3. The Morgan fingerprint density at radius 1 is 0.860 bits per heavy atom. The molecule has 0 bridgehead atoms. The molecule has 0 saturated carbocycles. The number of rotatable bonds is 13. The Kier molecular flexibility index (Phi) is 10.1. The van der Waals surface area contributed by atoms with Gasteiger partial charge < -0.3 is 20.4 Å². The first-order chi connectivity index (χ1) is 20.4. The van der Waals surface area contributed by atoms with Crippen LogP contribution in [0.15, 0.2) is 66.7 Å². The molecule has 4 rings (SSSR count). The lowest BCUT2D eigenvalue weighted by molar-refractivity contribution is -0.130. The highest BCUT2D eigenvalue weighted by Crippen LogP contribution is 2.42. The van der Waals surface area contributed by atoms with Crippen LogP contribution in [0.1, 0.15) is 53.0 Å². The van der Waals surface area contributed by atoms with Gasteiger partial charge in [-0.3, -0.25) is 34.0 Å². The Balaban J connectivity index is 1.52. The van der Waals surface area contributed by atoms with Gasteiger partial charge in [-0.15, -0.1) is 0 Å². The Hall–Kier alpha value is -3.89. The van der Waals surface area contributed by atoms with Crippen LogP contribution in [0.25, 0.3) is 10.8 Å². The lowest BCUT2D eigenvalue weighted by atomic mass is 9.94. The zero-order valence-corrected chi connectivity index (χ0v) is 25.2. The van der Waals surface area contributed by atoms with Gasteiger partial charge in [0, 0.05) is 36.5 Å². The summed E-state index contributed by atoms with van der Waals surface area (Å²) in [6.45, 7) is 3.44. The van der Waals surface area contributed by atoms with Gasteiger partial charge in [0.25, 0.3) is 11.8 Å². The van der Waals surface area contributed by atoms with E-state index in [0.29, 0.717) is 16.5 Å². The van der Waals surface area contributed by atoms with E-state index < -0.39 is 49.1 Å². The highest BCUT2D eigenvalue weighted by molar-refractivity contribution is 7.52. The number of carbonyl (C=O) groups excluding carboxylic acids is 4. The molecular weight excluding hydrogens is 571 g/mol. The van der Waals surface area contributed by atoms with Crippen molar-refractivity contribution in [2.45, 2.75) is 51.0 Å². The van der Waals surface area contributed by atoms with E-state index in [4.69, 9.17) is 0 Å². The van der Waals surface area contributed by atoms with Crippen molar-refractivity contribution in [1.82, 2.24) is 20.9 Å². The zero-order chi connectivity index (χ0) is 31.3. The molecule has 11 nitrogen and oxygen atoms in total. The number of likely N-dealkylation sites (N-methyl/N-ethyl adjacent to an activating group) is 1. The molecule has 0 spiro atoms. The second kappa shape index (κ2) is 13.6. The van der Waals surface area contributed by atoms with Crippen molar-refractivity contribution in [3.05, 3.63) is 83.4 Å². The number of nitrogens with zero attached hydrogens (tertiary/aromatic N) is 1. The Morgan fingerprint density at radius 3 is 2.00 bits per heavy atom. The first-order valence-electron chi connectivity index (χ1n) is 14.2. The molecule has 3 aromatic carbocycles. The second-order valence-corrected chi connectivity index (χ2v) is 12.9. The van der Waals surface area contributed by atoms with Gasteiger partial charge in [0.15, 0.2) is 0 Å². The standard InChI is InChI=1S/C31H37N4O7P/c1-19(2)17-24(29(37)34-25(28(36)32-3)18-20-9-5-4-6-10-20)33-26(43(40,41)42)15-16-35-30(38)22-13-7-11-21-12-8-14-23(27(21)22)31(35)39/h4-14,19,24-26,33H,15-18H2,1-3H3,(H,32,36)(H,34,37)(H2,40,41,42)/t24-,25-,26-/m0/s1. The fourth-order valence-electron chi connectivity index (χ4n) is 5.34. The van der Waals surface area contributed by atoms with Crippen LogP contribution in [0.5, 0.6) is 0 Å². The summed E-state index contributed by atoms with van der Waals surface area (Å²) in [6, 6.07) is 17.4. The summed E-state index contributed by atoms with van der Waals surface area (Å²) in [5.41, 5.74) is 1.50. The lowest BCUT2D eigenvalue weighted by Crippen LogP contribution is -2.55. The Bertz CT molecular complexity index is 1510. The average molecular weight is 609 g/mol. The van der Waals surface area contributed by atoms with Gasteiger partial charge in [-0.2, -0.15) is 0 Å². The summed E-state index contributed by atoms with van der Waals surface area (Å²) in [5, 5.41) is 9.38. The maximum Gasteiger partial charge on any atom is 0.342 e. The first kappa shape index (κ1) is 32.0. The predicted octanol–water partition coefficient (Wildman–Crippen LogP) is 2.81. The lowest BCUT2D eigenvalue weighted by Gasteiger charge is -2.31. The normalized spacial score (nSPS) is 15.3. The van der Waals surface area contributed by atoms with Crippen LogP contribution < -0.4 is 16.0 Å². The maximum atomic E-state index is 13.5. The van der Waals surface area contributed by atoms with Gasteiger partial charge in [0.1, 0.15) is 11.8 Å². The van der Waals surface area contributed by atoms with E-state index in [9.17, 15) is 33.5 Å². The zero-order valence-electron chi connectivity index (χ0n) is 24.3. The number of hydrogen-bond acceptors (Lipinski definition) is 6. The van der Waals surface area contributed by atoms with Gasteiger partial charge in [-0.05, 0) is 41.8 Å². The third-order valence-electron chi connectivity index (χ3n) is 7.47. The van der Waals surface area contributed by atoms with Crippen molar-refractivity contribution in [2.75, 3.05) is 13.6 Å². The van der Waals surface area contributed by atoms with Crippen LogP contribution in [-0.4, -0.2) is 69.8 Å². The third kappa shape index (κ3) is 7.55. The summed E-state index contributed by atoms with van der Waals surface area (Å²) < 4.78 is 12.6. The quantitative estimate of drug-likeness (QED) is 0.146. The number of imide groups is 1. The fraction of sp³-hybridized carbons (Fsp3) is 0.355. The van der Waals surface area contributed by atoms with Gasteiger partial charge in [-0.25, -0.2) is 0 Å². The largest absolute Gasteiger partial charge is 0.357 e. The van der Waals surface area contributed by atoms with Crippen LogP contribution in [0.2, 0.25) is 0 Å². The van der Waals surface area contributed by atoms with E-state index in [2.05, 4.69) is 16.0 Å². The number of carbonyl (C=O) groups is 4. The molecule has 1 aliphatic heterocycles. The van der Waals surface area contributed by atoms with E-state index in [1.54, 1.807) is 36.4 Å². The van der Waals surface area contributed by atoms with Crippen LogP contribution in [0, 0.1) is 5.92 Å². The summed E-state index contributed by atoms with van der Waals surface area (Å²) >= 11 is 0. The first-order valence-corrected chi connectivity index (χ1v) is 15.8. The molecule has 0 fully saturated rings. The molecule has 3 atom stereocenters. The van der Waals surface area contributed by atoms with Crippen LogP contribution in [-0.2, 0) is 20.6 Å². The molecule has 43 heavy (non-hydrogen) atoms. The molecular formula is C31H37N4O7P. The maximum absolute atomic E-state index is 13.5. The highest BCUT2D eigenvalue weighted by Gasteiger charge is 2.38. The van der Waals surface area contributed by atoms with E-state index in [1.165, 1.54) is 7.05 Å². The number of hydrogen-bond donors (Lipinski definition) is 5. The minimum atomic E-state index is -4.86. The number of benzene rings is 3. The van der Waals surface area contributed by atoms with Gasteiger partial charge >= 0.3 is 7.60 Å². The summed E-state index contributed by atoms with van der Waals surface area (Å²) in [7, 11) is -3.40. The molecule has 0 aromatic heterocycles. The van der Waals surface area contributed by atoms with Crippen LogP contribution in [0.3, 0.4) is 0 Å². The molecule has 3 aromatic rings. The van der Waals surface area contributed by atoms with Crippen molar-refractivity contribution in [1.29, 1.82) is 0 Å². The van der Waals surface area contributed by atoms with Gasteiger partial charge in [-0.1, -0.05) is 68.4 Å². The average Bonchev–Trinajstić information content (AvgIpc) is 2.97. The Labute approximate surface area is 250 Å². The van der Waals surface area contributed by atoms with Crippen molar-refractivity contribution in [3.63, 3.8) is 0 Å². The van der Waals surface area contributed by atoms with E-state index in [-0.39, 0.29) is 31.7 Å². The highest BCUT2D eigenvalue weighted by atomic mass is 31.2. The molecule has 1 aliphatic rings. The van der Waals surface area contributed by atoms with E-state index in [1.807, 2.05) is 44.2 Å².